The van der Waals surface area contributed by atoms with Gasteiger partial charge in [0, 0.05) is 11.2 Å². The van der Waals surface area contributed by atoms with Gasteiger partial charge in [-0.2, -0.15) is 0 Å². The number of fused-ring (bicyclic) bond motifs is 1. The van der Waals surface area contributed by atoms with Crippen molar-refractivity contribution in [2.75, 3.05) is 5.73 Å². The number of carbonyl (C=O) groups is 1. The Morgan fingerprint density at radius 3 is 2.79 bits per heavy atom. The second kappa shape index (κ2) is 5.11. The number of nitrogen functional groups attached to an aromatic ring is 1. The highest BCUT2D eigenvalue weighted by atomic mass is 16.2. The van der Waals surface area contributed by atoms with Gasteiger partial charge in [0.25, 0.3) is 0 Å². The van der Waals surface area contributed by atoms with Crippen molar-refractivity contribution in [3.05, 3.63) is 29.3 Å². The molecular weight excluding hydrogens is 238 g/mol. The van der Waals surface area contributed by atoms with Crippen LogP contribution < -0.4 is 16.4 Å². The highest BCUT2D eigenvalue weighted by molar-refractivity contribution is 5.75. The fourth-order valence-electron chi connectivity index (χ4n) is 2.52. The van der Waals surface area contributed by atoms with Crippen LogP contribution in [0.25, 0.3) is 0 Å². The average molecular weight is 261 g/mol. The summed E-state index contributed by atoms with van der Waals surface area (Å²) in [6.07, 6.45) is 3.10. The summed E-state index contributed by atoms with van der Waals surface area (Å²) in [6.45, 7) is 5.92. The average Bonchev–Trinajstić information content (AvgIpc) is 2.26. The largest absolute Gasteiger partial charge is 0.399 e. The number of hydrogen-bond acceptors (Lipinski definition) is 2. The molecule has 1 aliphatic rings. The van der Waals surface area contributed by atoms with Gasteiger partial charge in [0.15, 0.2) is 0 Å². The molecule has 0 fully saturated rings. The molecule has 0 aromatic heterocycles. The van der Waals surface area contributed by atoms with Gasteiger partial charge >= 0.3 is 6.03 Å². The summed E-state index contributed by atoms with van der Waals surface area (Å²) in [5.41, 5.74) is 8.84. The molecule has 1 aromatic rings. The molecule has 4 N–H and O–H groups in total. The molecular formula is C15H23N3O. The lowest BCUT2D eigenvalue weighted by molar-refractivity contribution is 0.226. The van der Waals surface area contributed by atoms with E-state index in [1.165, 1.54) is 11.1 Å². The van der Waals surface area contributed by atoms with Crippen LogP contribution in [0.3, 0.4) is 0 Å². The first-order valence-electron chi connectivity index (χ1n) is 6.82. The second-order valence-electron chi connectivity index (χ2n) is 6.25. The lowest BCUT2D eigenvalue weighted by atomic mass is 9.87. The molecule has 1 aliphatic carbocycles. The minimum absolute atomic E-state index is 0.0895. The number of anilines is 1. The van der Waals surface area contributed by atoms with Gasteiger partial charge in [-0.1, -0.05) is 6.07 Å². The third kappa shape index (κ3) is 3.63. The normalized spacial score (nSPS) is 18.6. The quantitative estimate of drug-likeness (QED) is 0.680. The summed E-state index contributed by atoms with van der Waals surface area (Å²) in [6, 6.07) is 5.94. The Bertz CT molecular complexity index is 477. The van der Waals surface area contributed by atoms with Gasteiger partial charge in [-0.3, -0.25) is 0 Å². The van der Waals surface area contributed by atoms with Crippen molar-refractivity contribution in [1.29, 1.82) is 0 Å². The van der Waals surface area contributed by atoms with E-state index in [9.17, 15) is 4.79 Å². The molecule has 19 heavy (non-hydrogen) atoms. The standard InChI is InChI=1S/C15H23N3O/c1-15(2,3)18-14(19)17-13-6-4-5-10-9-11(16)7-8-12(10)13/h7-9,13H,4-6,16H2,1-3H3,(H2,17,18,19). The minimum atomic E-state index is -0.220. The molecule has 1 aromatic carbocycles. The van der Waals surface area contributed by atoms with Gasteiger partial charge in [0.05, 0.1) is 6.04 Å². The number of benzene rings is 1. The third-order valence-corrected chi connectivity index (χ3v) is 3.28. The number of nitrogens with one attached hydrogen (secondary N) is 2. The maximum Gasteiger partial charge on any atom is 0.315 e. The summed E-state index contributed by atoms with van der Waals surface area (Å²) < 4.78 is 0. The Hall–Kier alpha value is -1.71. The SMILES string of the molecule is CC(C)(C)NC(=O)NC1CCCc2cc(N)ccc21. The van der Waals surface area contributed by atoms with Gasteiger partial charge in [0.1, 0.15) is 0 Å². The Labute approximate surface area is 114 Å². The van der Waals surface area contributed by atoms with E-state index < -0.39 is 0 Å². The van der Waals surface area contributed by atoms with E-state index >= 15 is 0 Å². The van der Waals surface area contributed by atoms with Crippen molar-refractivity contribution in [2.45, 2.75) is 51.6 Å². The van der Waals surface area contributed by atoms with Gasteiger partial charge < -0.3 is 16.4 Å². The number of urea groups is 1. The summed E-state index contributed by atoms with van der Waals surface area (Å²) >= 11 is 0. The van der Waals surface area contributed by atoms with E-state index in [1.54, 1.807) is 0 Å². The topological polar surface area (TPSA) is 67.2 Å². The predicted octanol–water partition coefficient (Wildman–Crippen LogP) is 2.74. The van der Waals surface area contributed by atoms with Crippen molar-refractivity contribution in [2.24, 2.45) is 0 Å². The lowest BCUT2D eigenvalue weighted by Crippen LogP contribution is -2.47. The molecule has 1 atom stereocenters. The maximum absolute atomic E-state index is 12.0. The van der Waals surface area contributed by atoms with Crippen LogP contribution in [0.4, 0.5) is 10.5 Å². The van der Waals surface area contributed by atoms with Gasteiger partial charge in [-0.15, -0.1) is 0 Å². The molecule has 0 aliphatic heterocycles. The van der Waals surface area contributed by atoms with Crippen molar-refractivity contribution >= 4 is 11.7 Å². The van der Waals surface area contributed by atoms with Crippen LogP contribution in [0.2, 0.25) is 0 Å². The molecule has 0 spiro atoms. The molecule has 1 unspecified atom stereocenters. The number of nitrogens with two attached hydrogens (primary N) is 1. The molecule has 0 radical (unpaired) electrons. The van der Waals surface area contributed by atoms with E-state index in [0.29, 0.717) is 0 Å². The summed E-state index contributed by atoms with van der Waals surface area (Å²) in [7, 11) is 0. The maximum atomic E-state index is 12.0. The number of rotatable bonds is 1. The first-order chi connectivity index (χ1) is 8.85. The fourth-order valence-corrected chi connectivity index (χ4v) is 2.52. The van der Waals surface area contributed by atoms with Gasteiger partial charge in [-0.05, 0) is 63.3 Å². The van der Waals surface area contributed by atoms with Crippen LogP contribution in [-0.4, -0.2) is 11.6 Å². The van der Waals surface area contributed by atoms with Crippen molar-refractivity contribution in [1.82, 2.24) is 10.6 Å². The molecule has 2 rings (SSSR count). The van der Waals surface area contributed by atoms with E-state index in [4.69, 9.17) is 5.73 Å². The van der Waals surface area contributed by atoms with Gasteiger partial charge in [0.2, 0.25) is 0 Å². The van der Waals surface area contributed by atoms with Crippen LogP contribution in [0.15, 0.2) is 18.2 Å². The number of carbonyl (C=O) groups excluding carboxylic acids is 1. The monoisotopic (exact) mass is 261 g/mol. The van der Waals surface area contributed by atoms with Crippen LogP contribution >= 0.6 is 0 Å². The molecule has 4 heteroatoms. The zero-order chi connectivity index (χ0) is 14.0. The summed E-state index contributed by atoms with van der Waals surface area (Å²) in [4.78, 5) is 12.0. The van der Waals surface area contributed by atoms with Gasteiger partial charge in [-0.25, -0.2) is 4.79 Å². The molecule has 2 amide bonds. The minimum Gasteiger partial charge on any atom is -0.399 e. The van der Waals surface area contributed by atoms with Crippen LogP contribution in [0.5, 0.6) is 0 Å². The highest BCUT2D eigenvalue weighted by Crippen LogP contribution is 2.30. The number of aryl methyl sites for hydroxylation is 1. The smallest absolute Gasteiger partial charge is 0.315 e. The second-order valence-corrected chi connectivity index (χ2v) is 6.25. The van der Waals surface area contributed by atoms with Crippen LogP contribution in [-0.2, 0) is 6.42 Å². The Balaban J connectivity index is 2.09. The van der Waals surface area contributed by atoms with E-state index in [1.807, 2.05) is 39.0 Å². The Morgan fingerprint density at radius 1 is 1.37 bits per heavy atom. The molecule has 104 valence electrons. The first-order valence-corrected chi connectivity index (χ1v) is 6.82. The van der Waals surface area contributed by atoms with Crippen molar-refractivity contribution in [3.8, 4) is 0 Å². The van der Waals surface area contributed by atoms with E-state index in [2.05, 4.69) is 10.6 Å². The zero-order valence-electron chi connectivity index (χ0n) is 11.9. The summed E-state index contributed by atoms with van der Waals surface area (Å²) in [5.74, 6) is 0. The van der Waals surface area contributed by atoms with Crippen LogP contribution in [0, 0.1) is 0 Å². The molecule has 0 bridgehead atoms. The molecule has 0 heterocycles. The summed E-state index contributed by atoms with van der Waals surface area (Å²) in [5, 5.41) is 5.99. The number of amides is 2. The first kappa shape index (κ1) is 13.7. The Morgan fingerprint density at radius 2 is 2.11 bits per heavy atom. The zero-order valence-corrected chi connectivity index (χ0v) is 11.9. The molecule has 0 saturated heterocycles. The van der Waals surface area contributed by atoms with Crippen molar-refractivity contribution < 1.29 is 4.79 Å². The van der Waals surface area contributed by atoms with Crippen LogP contribution in [0.1, 0.15) is 50.8 Å². The van der Waals surface area contributed by atoms with Crippen molar-refractivity contribution in [3.63, 3.8) is 0 Å². The predicted molar refractivity (Wildman–Crippen MR) is 78.0 cm³/mol. The van der Waals surface area contributed by atoms with E-state index in [-0.39, 0.29) is 17.6 Å². The number of hydrogen-bond donors (Lipinski definition) is 3. The molecule has 0 saturated carbocycles. The third-order valence-electron chi connectivity index (χ3n) is 3.28. The Kier molecular flexibility index (Phi) is 3.69. The van der Waals surface area contributed by atoms with E-state index in [0.717, 1.165) is 24.9 Å². The fraction of sp³-hybridized carbons (Fsp3) is 0.533. The lowest BCUT2D eigenvalue weighted by Gasteiger charge is -2.29. The highest BCUT2D eigenvalue weighted by Gasteiger charge is 2.23. The molecule has 4 nitrogen and oxygen atoms in total.